The van der Waals surface area contributed by atoms with Crippen LogP contribution in [0, 0.1) is 12.7 Å². The molecular weight excluding hydrogens is 461 g/mol. The molecule has 0 saturated heterocycles. The number of fused-ring (bicyclic) bond motifs is 1. The van der Waals surface area contributed by atoms with Crippen LogP contribution in [0.15, 0.2) is 54.9 Å². The van der Waals surface area contributed by atoms with Crippen LogP contribution < -0.4 is 10.6 Å². The van der Waals surface area contributed by atoms with Crippen molar-refractivity contribution in [3.05, 3.63) is 88.8 Å². The van der Waals surface area contributed by atoms with Gasteiger partial charge in [-0.2, -0.15) is 0 Å². The molecule has 8 nitrogen and oxygen atoms in total. The van der Waals surface area contributed by atoms with Gasteiger partial charge in [0.2, 0.25) is 5.91 Å². The van der Waals surface area contributed by atoms with Crippen LogP contribution in [-0.4, -0.2) is 43.8 Å². The molecule has 1 aromatic heterocycles. The van der Waals surface area contributed by atoms with Crippen molar-refractivity contribution >= 4 is 17.7 Å². The summed E-state index contributed by atoms with van der Waals surface area (Å²) in [6, 6.07) is 14.0. The second kappa shape index (κ2) is 9.22. The molecule has 36 heavy (non-hydrogen) atoms. The van der Waals surface area contributed by atoms with Gasteiger partial charge in [0, 0.05) is 24.7 Å². The zero-order valence-corrected chi connectivity index (χ0v) is 20.3. The highest BCUT2D eigenvalue weighted by Crippen LogP contribution is 2.38. The predicted molar refractivity (Wildman–Crippen MR) is 130 cm³/mol. The van der Waals surface area contributed by atoms with Crippen LogP contribution in [0.4, 0.5) is 4.39 Å². The predicted octanol–water partition coefficient (Wildman–Crippen LogP) is 2.95. The highest BCUT2D eigenvalue weighted by Gasteiger charge is 2.53. The zero-order valence-electron chi connectivity index (χ0n) is 20.3. The lowest BCUT2D eigenvalue weighted by Crippen LogP contribution is -2.64. The summed E-state index contributed by atoms with van der Waals surface area (Å²) in [7, 11) is 0. The van der Waals surface area contributed by atoms with Gasteiger partial charge >= 0.3 is 0 Å². The minimum atomic E-state index is -1.13. The Labute approximate surface area is 208 Å². The summed E-state index contributed by atoms with van der Waals surface area (Å²) in [6.45, 7) is 4.25. The van der Waals surface area contributed by atoms with E-state index in [4.69, 9.17) is 0 Å². The number of aryl methyl sites for hydroxylation is 1. The number of nitrogens with one attached hydrogen (secondary N) is 2. The van der Waals surface area contributed by atoms with Crippen molar-refractivity contribution in [2.75, 3.05) is 0 Å². The quantitative estimate of drug-likeness (QED) is 0.533. The average Bonchev–Trinajstić information content (AvgIpc) is 3.59. The fourth-order valence-electron chi connectivity index (χ4n) is 4.82. The molecular formula is C27H28FN5O3. The Morgan fingerprint density at radius 3 is 2.61 bits per heavy atom. The van der Waals surface area contributed by atoms with Gasteiger partial charge in [-0.15, -0.1) is 0 Å². The Morgan fingerprint density at radius 2 is 1.89 bits per heavy atom. The molecule has 1 aliphatic heterocycles. The number of carbonyl (C=O) groups excluding carboxylic acids is 3. The average molecular weight is 490 g/mol. The first-order valence-corrected chi connectivity index (χ1v) is 12.0. The Balaban J connectivity index is 1.37. The lowest BCUT2D eigenvalue weighted by molar-refractivity contribution is -0.133. The molecule has 2 aromatic carbocycles. The first-order valence-electron chi connectivity index (χ1n) is 12.0. The van der Waals surface area contributed by atoms with E-state index in [0.29, 0.717) is 12.1 Å². The summed E-state index contributed by atoms with van der Waals surface area (Å²) < 4.78 is 15.5. The first-order chi connectivity index (χ1) is 17.3. The van der Waals surface area contributed by atoms with E-state index in [1.54, 1.807) is 34.6 Å². The second-order valence-electron chi connectivity index (χ2n) is 9.70. The molecule has 2 N–H and O–H groups in total. The third kappa shape index (κ3) is 4.36. The third-order valence-electron chi connectivity index (χ3n) is 6.82. The van der Waals surface area contributed by atoms with Gasteiger partial charge in [-0.1, -0.05) is 48.0 Å². The number of nitrogens with zero attached hydrogens (tertiary/aromatic N) is 3. The summed E-state index contributed by atoms with van der Waals surface area (Å²) in [5.74, 6) is -1.64. The molecule has 5 rings (SSSR count). The maximum atomic E-state index is 13.9. The number of hydrogen-bond acceptors (Lipinski definition) is 4. The summed E-state index contributed by atoms with van der Waals surface area (Å²) in [4.78, 5) is 45.9. The molecule has 9 heteroatoms. The number of aromatic nitrogens is 2. The third-order valence-corrected chi connectivity index (χ3v) is 6.82. The van der Waals surface area contributed by atoms with Crippen molar-refractivity contribution < 1.29 is 18.8 Å². The van der Waals surface area contributed by atoms with E-state index in [1.165, 1.54) is 12.4 Å². The maximum absolute atomic E-state index is 13.9. The Kier molecular flexibility index (Phi) is 6.07. The Bertz CT molecular complexity index is 1350. The number of amides is 3. The molecule has 3 aromatic rings. The topological polar surface area (TPSA) is 96.3 Å². The number of carbonyl (C=O) groups is 3. The lowest BCUT2D eigenvalue weighted by Gasteiger charge is -2.44. The van der Waals surface area contributed by atoms with Crippen LogP contribution >= 0.6 is 0 Å². The lowest BCUT2D eigenvalue weighted by atomic mass is 9.93. The maximum Gasteiger partial charge on any atom is 0.274 e. The fourth-order valence-corrected chi connectivity index (χ4v) is 4.82. The van der Waals surface area contributed by atoms with Gasteiger partial charge in [-0.25, -0.2) is 9.37 Å². The molecule has 1 saturated carbocycles. The molecule has 0 unspecified atom stereocenters. The minimum Gasteiger partial charge on any atom is -0.350 e. The number of halogens is 1. The van der Waals surface area contributed by atoms with Crippen LogP contribution in [0.25, 0.3) is 0 Å². The summed E-state index contributed by atoms with van der Waals surface area (Å²) >= 11 is 0. The van der Waals surface area contributed by atoms with Gasteiger partial charge in [-0.05, 0) is 38.3 Å². The van der Waals surface area contributed by atoms with E-state index in [-0.39, 0.29) is 36.4 Å². The molecule has 1 aliphatic carbocycles. The van der Waals surface area contributed by atoms with Crippen LogP contribution in [0.2, 0.25) is 0 Å². The molecule has 0 radical (unpaired) electrons. The highest BCUT2D eigenvalue weighted by atomic mass is 19.1. The zero-order chi connectivity index (χ0) is 25.4. The second-order valence-corrected chi connectivity index (χ2v) is 9.70. The Hall–Kier alpha value is -4.01. The molecule has 2 aliphatic rings. The van der Waals surface area contributed by atoms with Crippen molar-refractivity contribution in [1.29, 1.82) is 0 Å². The van der Waals surface area contributed by atoms with Crippen LogP contribution in [-0.2, 0) is 24.4 Å². The van der Waals surface area contributed by atoms with Gasteiger partial charge < -0.3 is 20.1 Å². The van der Waals surface area contributed by atoms with Crippen molar-refractivity contribution in [3.8, 4) is 0 Å². The molecule has 0 bridgehead atoms. The van der Waals surface area contributed by atoms with Crippen LogP contribution in [0.5, 0.6) is 0 Å². The van der Waals surface area contributed by atoms with Gasteiger partial charge in [-0.3, -0.25) is 14.4 Å². The van der Waals surface area contributed by atoms with Crippen LogP contribution in [0.3, 0.4) is 0 Å². The molecule has 2 heterocycles. The Morgan fingerprint density at radius 1 is 1.11 bits per heavy atom. The first kappa shape index (κ1) is 23.7. The van der Waals surface area contributed by atoms with Gasteiger partial charge in [0.25, 0.3) is 11.8 Å². The SMILES string of the molecule is Cc1cccc(CNC(=O)[C@]2(C)Cn3cnc(C(=O)NCc4ccccc4F)c3C(=O)N2C2CC2)c1. The summed E-state index contributed by atoms with van der Waals surface area (Å²) in [5.41, 5.74) is 1.41. The molecule has 1 fully saturated rings. The van der Waals surface area contributed by atoms with Crippen molar-refractivity contribution in [3.63, 3.8) is 0 Å². The molecule has 186 valence electrons. The molecule has 3 amide bonds. The van der Waals surface area contributed by atoms with E-state index >= 15 is 0 Å². The minimum absolute atomic E-state index is 0.0239. The van der Waals surface area contributed by atoms with Crippen molar-refractivity contribution in [2.45, 2.75) is 57.9 Å². The number of benzene rings is 2. The van der Waals surface area contributed by atoms with E-state index < -0.39 is 23.2 Å². The van der Waals surface area contributed by atoms with Crippen molar-refractivity contribution in [2.24, 2.45) is 0 Å². The largest absolute Gasteiger partial charge is 0.350 e. The van der Waals surface area contributed by atoms with E-state index in [0.717, 1.165) is 24.0 Å². The van der Waals surface area contributed by atoms with E-state index in [9.17, 15) is 18.8 Å². The fraction of sp³-hybridized carbons (Fsp3) is 0.333. The number of hydrogen-bond donors (Lipinski definition) is 2. The van der Waals surface area contributed by atoms with Crippen LogP contribution in [0.1, 0.15) is 57.4 Å². The van der Waals surface area contributed by atoms with Gasteiger partial charge in [0.15, 0.2) is 5.69 Å². The van der Waals surface area contributed by atoms with Gasteiger partial charge in [0.05, 0.1) is 12.9 Å². The van der Waals surface area contributed by atoms with E-state index in [1.807, 2.05) is 31.2 Å². The monoisotopic (exact) mass is 489 g/mol. The van der Waals surface area contributed by atoms with Crippen molar-refractivity contribution in [1.82, 2.24) is 25.1 Å². The smallest absolute Gasteiger partial charge is 0.274 e. The molecule has 1 atom stereocenters. The molecule has 0 spiro atoms. The van der Waals surface area contributed by atoms with E-state index in [2.05, 4.69) is 15.6 Å². The van der Waals surface area contributed by atoms with Gasteiger partial charge in [0.1, 0.15) is 17.1 Å². The summed E-state index contributed by atoms with van der Waals surface area (Å²) in [5, 5.41) is 5.65. The highest BCUT2D eigenvalue weighted by molar-refractivity contribution is 6.07. The number of rotatable bonds is 7. The summed E-state index contributed by atoms with van der Waals surface area (Å²) in [6.07, 6.45) is 3.02. The standard InChI is InChI=1S/C27H28FN5O3/c1-17-6-5-7-18(12-17)13-30-26(36)27(2)15-32-16-31-22(23(32)25(35)33(27)20-10-11-20)24(34)29-14-19-8-3-4-9-21(19)28/h3-9,12,16,20H,10-11,13-15H2,1-2H3,(H,29,34)(H,30,36)/t27-/m0/s1. The normalized spacial score (nSPS) is 19.1. The number of imidazole rings is 1.